The highest BCUT2D eigenvalue weighted by Gasteiger charge is 2.32. The molecule has 2 atom stereocenters. The summed E-state index contributed by atoms with van der Waals surface area (Å²) in [7, 11) is -7.27. The molecule has 1 aromatic rings. The van der Waals surface area contributed by atoms with E-state index >= 15 is 0 Å². The van der Waals surface area contributed by atoms with E-state index in [9.17, 15) is 18.7 Å². The second-order valence-electron chi connectivity index (χ2n) is 6.68. The number of phosphoric acid groups is 1. The summed E-state index contributed by atoms with van der Waals surface area (Å²) >= 11 is 0. The fourth-order valence-electron chi connectivity index (χ4n) is 2.71. The summed E-state index contributed by atoms with van der Waals surface area (Å²) in [5, 5.41) is 2.62. The maximum absolute atomic E-state index is 12.8. The number of rotatable bonds is 16. The normalized spacial score (nSPS) is 14.5. The zero-order valence-corrected chi connectivity index (χ0v) is 21.0. The smallest absolute Gasteiger partial charge is 0.326 e. The quantitative estimate of drug-likeness (QED) is 0.249. The Hall–Kier alpha value is -1.38. The van der Waals surface area contributed by atoms with Gasteiger partial charge in [0.1, 0.15) is 0 Å². The largest absolute Gasteiger partial charge is 0.475 e. The van der Waals surface area contributed by atoms with Gasteiger partial charge >= 0.3 is 15.4 Å². The Kier molecular flexibility index (Phi) is 12.5. The van der Waals surface area contributed by atoms with Gasteiger partial charge in [-0.15, -0.1) is 0 Å². The summed E-state index contributed by atoms with van der Waals surface area (Å²) in [5.74, 6) is -0.570. The maximum Gasteiger partial charge on any atom is 0.475 e. The van der Waals surface area contributed by atoms with Crippen molar-refractivity contribution in [3.8, 4) is 0 Å². The molecule has 0 saturated carbocycles. The second-order valence-corrected chi connectivity index (χ2v) is 10.4. The molecule has 2 unspecified atom stereocenters. The Morgan fingerprint density at radius 3 is 2.12 bits per heavy atom. The fraction of sp³-hybridized carbons (Fsp3) is 0.600. The first-order chi connectivity index (χ1) is 15.1. The van der Waals surface area contributed by atoms with Crippen molar-refractivity contribution in [2.75, 3.05) is 38.4 Å². The summed E-state index contributed by atoms with van der Waals surface area (Å²) in [6.45, 7) is 7.72. The lowest BCUT2D eigenvalue weighted by Gasteiger charge is -2.24. The summed E-state index contributed by atoms with van der Waals surface area (Å²) in [4.78, 5) is 24.2. The number of phosphoric ester groups is 1. The van der Waals surface area contributed by atoms with Crippen molar-refractivity contribution >= 4 is 32.8 Å². The standard InChI is InChI=1S/C20H33NO9P2/c1-6-26-31(5,24)29-15-17(30-32(25,27-7-2)28-8-3)13-14-20(23)18-11-9-10-12-19(18)21-16(4)22/h9-12,17H,6-8,13-15H2,1-5H3,(H,21,22). The molecule has 0 radical (unpaired) electrons. The van der Waals surface area contributed by atoms with Gasteiger partial charge < -0.3 is 14.4 Å². The van der Waals surface area contributed by atoms with Crippen molar-refractivity contribution in [3.05, 3.63) is 29.8 Å². The van der Waals surface area contributed by atoms with Crippen LogP contribution < -0.4 is 5.32 Å². The van der Waals surface area contributed by atoms with E-state index in [0.29, 0.717) is 11.3 Å². The fourth-order valence-corrected chi connectivity index (χ4v) is 5.05. The molecule has 10 nitrogen and oxygen atoms in total. The Labute approximate surface area is 189 Å². The Balaban J connectivity index is 2.97. The van der Waals surface area contributed by atoms with Gasteiger partial charge in [-0.2, -0.15) is 0 Å². The topological polar surface area (TPSA) is 126 Å². The van der Waals surface area contributed by atoms with Crippen molar-refractivity contribution in [1.29, 1.82) is 0 Å². The molecule has 1 amide bonds. The number of ketones is 1. The minimum Gasteiger partial charge on any atom is -0.326 e. The number of carbonyl (C=O) groups excluding carboxylic acids is 2. The first-order valence-corrected chi connectivity index (χ1v) is 13.8. The van der Waals surface area contributed by atoms with Crippen LogP contribution in [0.3, 0.4) is 0 Å². The van der Waals surface area contributed by atoms with Gasteiger partial charge in [0.15, 0.2) is 5.78 Å². The summed E-state index contributed by atoms with van der Waals surface area (Å²) in [6.07, 6.45) is -0.876. The SMILES string of the molecule is CCOP(C)(=O)OCC(CCC(=O)c1ccccc1NC(C)=O)OP(=O)(OCC)OCC. The summed E-state index contributed by atoms with van der Waals surface area (Å²) in [5.41, 5.74) is 0.720. The third-order valence-corrected chi connectivity index (χ3v) is 6.99. The number of para-hydroxylation sites is 1. The van der Waals surface area contributed by atoms with Crippen molar-refractivity contribution < 1.29 is 41.3 Å². The lowest BCUT2D eigenvalue weighted by Crippen LogP contribution is -2.21. The van der Waals surface area contributed by atoms with Gasteiger partial charge in [-0.25, -0.2) is 4.57 Å². The van der Waals surface area contributed by atoms with Crippen molar-refractivity contribution in [3.63, 3.8) is 0 Å². The van der Waals surface area contributed by atoms with E-state index in [2.05, 4.69) is 5.32 Å². The molecule has 0 spiro atoms. The average Bonchev–Trinajstić information content (AvgIpc) is 2.70. The molecule has 0 bridgehead atoms. The number of amides is 1. The van der Waals surface area contributed by atoms with E-state index in [1.54, 1.807) is 45.0 Å². The predicted molar refractivity (Wildman–Crippen MR) is 121 cm³/mol. The summed E-state index contributed by atoms with van der Waals surface area (Å²) < 4.78 is 51.4. The highest BCUT2D eigenvalue weighted by atomic mass is 31.2. The lowest BCUT2D eigenvalue weighted by atomic mass is 10.0. The van der Waals surface area contributed by atoms with E-state index in [-0.39, 0.29) is 51.0 Å². The first kappa shape index (κ1) is 28.7. The van der Waals surface area contributed by atoms with Crippen LogP contribution in [0.15, 0.2) is 24.3 Å². The zero-order chi connectivity index (χ0) is 24.2. The van der Waals surface area contributed by atoms with Gasteiger partial charge in [0.2, 0.25) is 5.91 Å². The molecule has 32 heavy (non-hydrogen) atoms. The van der Waals surface area contributed by atoms with Gasteiger partial charge in [-0.3, -0.25) is 27.7 Å². The first-order valence-electron chi connectivity index (χ1n) is 10.4. The molecule has 0 aliphatic heterocycles. The monoisotopic (exact) mass is 493 g/mol. The predicted octanol–water partition coefficient (Wildman–Crippen LogP) is 5.05. The van der Waals surface area contributed by atoms with E-state index in [1.165, 1.54) is 13.6 Å². The molecule has 12 heteroatoms. The van der Waals surface area contributed by atoms with Crippen LogP contribution in [-0.4, -0.2) is 50.9 Å². The molecule has 0 aliphatic carbocycles. The lowest BCUT2D eigenvalue weighted by molar-refractivity contribution is -0.114. The minimum atomic E-state index is -3.91. The third-order valence-electron chi connectivity index (χ3n) is 3.94. The van der Waals surface area contributed by atoms with E-state index < -0.39 is 21.5 Å². The summed E-state index contributed by atoms with van der Waals surface area (Å²) in [6, 6.07) is 6.61. The van der Waals surface area contributed by atoms with E-state index in [0.717, 1.165) is 0 Å². The molecular formula is C20H33NO9P2. The van der Waals surface area contributed by atoms with Crippen LogP contribution in [-0.2, 0) is 36.5 Å². The molecule has 0 heterocycles. The molecule has 1 rings (SSSR count). The second kappa shape index (κ2) is 14.0. The van der Waals surface area contributed by atoms with Gasteiger partial charge in [0, 0.05) is 25.6 Å². The zero-order valence-electron chi connectivity index (χ0n) is 19.2. The molecular weight excluding hydrogens is 460 g/mol. The van der Waals surface area contributed by atoms with Crippen molar-refractivity contribution in [2.24, 2.45) is 0 Å². The van der Waals surface area contributed by atoms with Crippen LogP contribution in [0.25, 0.3) is 0 Å². The highest BCUT2D eigenvalue weighted by molar-refractivity contribution is 7.53. The number of nitrogens with one attached hydrogen (secondary N) is 1. The molecule has 0 fully saturated rings. The average molecular weight is 493 g/mol. The van der Waals surface area contributed by atoms with E-state index in [1.807, 2.05) is 0 Å². The Bertz CT molecular complexity index is 836. The molecule has 1 N–H and O–H groups in total. The number of anilines is 1. The molecule has 0 aliphatic rings. The Morgan fingerprint density at radius 1 is 0.969 bits per heavy atom. The highest BCUT2D eigenvalue weighted by Crippen LogP contribution is 2.52. The van der Waals surface area contributed by atoms with Crippen LogP contribution in [0.4, 0.5) is 5.69 Å². The van der Waals surface area contributed by atoms with Crippen LogP contribution in [0.1, 0.15) is 50.9 Å². The maximum atomic E-state index is 12.8. The Morgan fingerprint density at radius 2 is 1.56 bits per heavy atom. The van der Waals surface area contributed by atoms with Crippen LogP contribution in [0.5, 0.6) is 0 Å². The minimum absolute atomic E-state index is 0.0223. The van der Waals surface area contributed by atoms with Gasteiger partial charge in [-0.05, 0) is 39.3 Å². The van der Waals surface area contributed by atoms with E-state index in [4.69, 9.17) is 22.6 Å². The number of hydrogen-bond donors (Lipinski definition) is 1. The van der Waals surface area contributed by atoms with Crippen LogP contribution in [0.2, 0.25) is 0 Å². The van der Waals surface area contributed by atoms with Crippen molar-refractivity contribution in [2.45, 2.75) is 46.6 Å². The van der Waals surface area contributed by atoms with Crippen molar-refractivity contribution in [1.82, 2.24) is 0 Å². The van der Waals surface area contributed by atoms with Gasteiger partial charge in [0.05, 0.1) is 38.2 Å². The van der Waals surface area contributed by atoms with Crippen LogP contribution in [0, 0.1) is 0 Å². The molecule has 182 valence electrons. The number of benzene rings is 1. The number of Topliss-reactive ketones (excluding diaryl/α,β-unsaturated/α-hetero) is 1. The molecule has 1 aromatic carbocycles. The number of hydrogen-bond acceptors (Lipinski definition) is 9. The van der Waals surface area contributed by atoms with Gasteiger partial charge in [0.25, 0.3) is 0 Å². The molecule has 0 saturated heterocycles. The molecule has 0 aromatic heterocycles. The third kappa shape index (κ3) is 10.5. The van der Waals surface area contributed by atoms with Gasteiger partial charge in [-0.1, -0.05) is 12.1 Å². The number of carbonyl (C=O) groups is 2. The van der Waals surface area contributed by atoms with Crippen LogP contribution >= 0.6 is 15.4 Å².